The number of benzene rings is 8. The molecule has 1 heterocycles. The Morgan fingerprint density at radius 2 is 1.05 bits per heavy atom. The summed E-state index contributed by atoms with van der Waals surface area (Å²) >= 11 is 2.16. The molecule has 1 saturated heterocycles. The molecule has 1 amide bonds. The number of amides is 1. The SMILES string of the molecule is C.CCOC(=O)c1cccc(I)c1.CCOC(=O)c1cccc(N(CCN(C)C)Cc2ccccc2)c1.CN(C)CCNCc1ccccc1.CN(C)c1ccccc1-c1ccccc1P(C1CCCCC1)C1CCCCC1.C[C@@H]1[C@@H](NC(=O)[C@@H]2[C@H]([C@H](C)O)[C@H](CO)ON2Cc2cccc(N(CCN(C)C)Cc3ccccc3)c2)C[C@H]2C[C@@H]1C2(C)C. The van der Waals surface area contributed by atoms with Crippen molar-refractivity contribution < 1.29 is 38.9 Å². The van der Waals surface area contributed by atoms with Gasteiger partial charge in [0.15, 0.2) is 0 Å². The number of esters is 2. The minimum atomic E-state index is -0.812. The molecule has 8 aromatic rings. The number of halogens is 1. The van der Waals surface area contributed by atoms with Crippen molar-refractivity contribution in [3.8, 4) is 11.1 Å². The van der Waals surface area contributed by atoms with Gasteiger partial charge in [0.1, 0.15) is 12.1 Å². The Bertz CT molecular complexity index is 4300. The molecule has 0 radical (unpaired) electrons. The first kappa shape index (κ1) is 98.8. The van der Waals surface area contributed by atoms with E-state index in [0.29, 0.717) is 54.1 Å². The summed E-state index contributed by atoms with van der Waals surface area (Å²) in [5.41, 5.74) is 14.7. The molecule has 17 nitrogen and oxygen atoms in total. The number of hydrogen-bond acceptors (Lipinski definition) is 16. The Kier molecular flexibility index (Phi) is 41.7. The van der Waals surface area contributed by atoms with Gasteiger partial charge < -0.3 is 59.7 Å². The van der Waals surface area contributed by atoms with Gasteiger partial charge in [-0.15, -0.1) is 0 Å². The molecule has 0 unspecified atom stereocenters. The van der Waals surface area contributed by atoms with Gasteiger partial charge in [0.2, 0.25) is 5.91 Å². The normalized spacial score (nSPS) is 19.5. The van der Waals surface area contributed by atoms with Crippen molar-refractivity contribution in [1.29, 1.82) is 0 Å². The van der Waals surface area contributed by atoms with E-state index in [1.54, 1.807) is 42.4 Å². The molecule has 14 rings (SSSR count). The van der Waals surface area contributed by atoms with Crippen LogP contribution in [-0.2, 0) is 45.3 Å². The van der Waals surface area contributed by atoms with Crippen LogP contribution in [0.25, 0.3) is 11.1 Å². The third-order valence-electron chi connectivity index (χ3n) is 24.5. The van der Waals surface area contributed by atoms with Crippen LogP contribution < -0.4 is 30.6 Å². The summed E-state index contributed by atoms with van der Waals surface area (Å²) in [6, 6.07) is 72.6. The molecule has 6 fully saturated rings. The Balaban J connectivity index is 0.000000203. The summed E-state index contributed by atoms with van der Waals surface area (Å²) in [6.07, 6.45) is 15.3. The van der Waals surface area contributed by atoms with Crippen LogP contribution in [0.5, 0.6) is 0 Å². The monoisotopic (exact) mass is 1780 g/mol. The molecule has 2 bridgehead atoms. The van der Waals surface area contributed by atoms with Crippen molar-refractivity contribution in [1.82, 2.24) is 30.4 Å². The Labute approximate surface area is 742 Å². The van der Waals surface area contributed by atoms with Crippen molar-refractivity contribution in [2.75, 3.05) is 130 Å². The van der Waals surface area contributed by atoms with E-state index >= 15 is 0 Å². The number of hydroxylamine groups is 2. The zero-order valence-electron chi connectivity index (χ0n) is 74.5. The molecule has 6 aliphatic rings. The standard InChI is InChI=1S/C35H52N4O4.C26H36NP.C20H26N2O2.C11H18N2.C9H9IO2.CH4/c1-23-29-18-27(35(29,3)4)19-30(23)36-34(42)33-32(24(2)41)31(22-40)43-39(33)21-26-13-10-14-28(17-26)38(16-15-37(5)6)20-25-11-8-7-9-12-25;1-27(2)25-19-11-9-17-23(25)24-18-10-12-20-26(24)28(21-13-5-3-6-14-21)22-15-7-4-8-16-22;1-4-24-20(23)18-11-8-12-19(15-18)22(14-13-21(2)3)16-17-9-6-5-7-10-17;1-13(2)9-8-12-10-11-6-4-3-5-7-11;1-2-12-9(11)7-4-3-5-8(10)6-7;/h7-14,17,23-24,27,29-33,40-41H,15-16,18-22H2,1-6H3,(H,36,42);9-12,17-22H,3-8,13-16H2,1-2H3;5-12,15H,4,13-14,16H2,1-3H3;3-7,12H,8-10H2,1-2H3;3-6H,2H2,1H3;1H4/t23-,24-,27+,29-,30-,31-,32+,33-;;;;;/m0...../s1. The second-order valence-corrected chi connectivity index (χ2v) is 38.7. The highest BCUT2D eigenvalue weighted by Gasteiger charge is 2.57. The van der Waals surface area contributed by atoms with Gasteiger partial charge in [-0.3, -0.25) is 9.63 Å². The van der Waals surface area contributed by atoms with Crippen molar-refractivity contribution in [2.45, 2.75) is 188 Å². The van der Waals surface area contributed by atoms with Gasteiger partial charge in [-0.1, -0.05) is 232 Å². The molecule has 121 heavy (non-hydrogen) atoms. The number of carbonyl (C=O) groups excluding carboxylic acids is 3. The molecular formula is C102H145IN9O8P. The molecule has 19 heteroatoms. The summed E-state index contributed by atoms with van der Waals surface area (Å²) in [5, 5.41) is 31.1. The minimum Gasteiger partial charge on any atom is -0.462 e. The maximum absolute atomic E-state index is 14.0. The molecule has 8 atom stereocenters. The lowest BCUT2D eigenvalue weighted by Gasteiger charge is -2.62. The van der Waals surface area contributed by atoms with E-state index < -0.39 is 24.2 Å². The first-order chi connectivity index (χ1) is 57.9. The van der Waals surface area contributed by atoms with Crippen LogP contribution in [0, 0.1) is 32.7 Å². The number of anilines is 3. The minimum absolute atomic E-state index is 0. The highest BCUT2D eigenvalue weighted by Crippen LogP contribution is 2.61. The fraction of sp³-hybridized carbons (Fsp3) is 0.500. The first-order valence-electron chi connectivity index (χ1n) is 44.1. The van der Waals surface area contributed by atoms with Crippen LogP contribution in [0.2, 0.25) is 0 Å². The van der Waals surface area contributed by atoms with Crippen LogP contribution in [0.4, 0.5) is 17.1 Å². The fourth-order valence-corrected chi connectivity index (χ4v) is 22.3. The second kappa shape index (κ2) is 51.0. The summed E-state index contributed by atoms with van der Waals surface area (Å²) in [6.45, 7) is 21.5. The van der Waals surface area contributed by atoms with Crippen LogP contribution in [-0.4, -0.2) is 199 Å². The van der Waals surface area contributed by atoms with Crippen LogP contribution >= 0.6 is 30.5 Å². The molecule has 0 aromatic heterocycles. The molecule has 0 spiro atoms. The highest BCUT2D eigenvalue weighted by molar-refractivity contribution is 14.1. The molecule has 5 aliphatic carbocycles. The van der Waals surface area contributed by atoms with Crippen molar-refractivity contribution in [3.63, 3.8) is 0 Å². The van der Waals surface area contributed by atoms with Gasteiger partial charge in [0.25, 0.3) is 0 Å². The van der Waals surface area contributed by atoms with Gasteiger partial charge in [0.05, 0.1) is 43.6 Å². The van der Waals surface area contributed by atoms with E-state index in [2.05, 4.69) is 285 Å². The molecule has 1 aliphatic heterocycles. The lowest BCUT2D eigenvalue weighted by atomic mass is 9.45. The van der Waals surface area contributed by atoms with Crippen LogP contribution in [0.3, 0.4) is 0 Å². The maximum Gasteiger partial charge on any atom is 0.338 e. The van der Waals surface area contributed by atoms with Crippen LogP contribution in [0.15, 0.2) is 212 Å². The van der Waals surface area contributed by atoms with Crippen molar-refractivity contribution >= 4 is 70.7 Å². The summed E-state index contributed by atoms with van der Waals surface area (Å²) in [4.78, 5) is 56.9. The molecule has 658 valence electrons. The molecule has 8 aromatic carbocycles. The zero-order valence-corrected chi connectivity index (χ0v) is 77.5. The van der Waals surface area contributed by atoms with E-state index in [9.17, 15) is 24.6 Å². The summed E-state index contributed by atoms with van der Waals surface area (Å²) in [5.74, 6) is 0.454. The number of rotatable bonds is 32. The van der Waals surface area contributed by atoms with Gasteiger partial charge in [-0.2, -0.15) is 5.06 Å². The van der Waals surface area contributed by atoms with Crippen molar-refractivity contribution in [3.05, 3.63) is 249 Å². The summed E-state index contributed by atoms with van der Waals surface area (Å²) < 4.78 is 11.0. The number of likely N-dealkylation sites (N-methyl/N-ethyl adjacent to an activating group) is 3. The zero-order chi connectivity index (χ0) is 86.1. The number of hydrogen-bond donors (Lipinski definition) is 4. The topological polar surface area (TPSA) is 166 Å². The van der Waals surface area contributed by atoms with E-state index in [4.69, 9.17) is 14.3 Å². The summed E-state index contributed by atoms with van der Waals surface area (Å²) in [7, 11) is 16.7. The first-order valence-corrected chi connectivity index (χ1v) is 46.7. The molecular weight excluding hydrogens is 1640 g/mol. The Morgan fingerprint density at radius 3 is 1.55 bits per heavy atom. The average molecular weight is 1780 g/mol. The maximum atomic E-state index is 14.0. The number of ether oxygens (including phenoxy) is 2. The van der Waals surface area contributed by atoms with Gasteiger partial charge >= 0.3 is 11.9 Å². The molecule has 5 saturated carbocycles. The Morgan fingerprint density at radius 1 is 0.570 bits per heavy atom. The van der Waals surface area contributed by atoms with Crippen LogP contribution in [0.1, 0.15) is 169 Å². The number of fused-ring (bicyclic) bond motifs is 2. The third-order valence-corrected chi connectivity index (χ3v) is 28.7. The number of nitrogens with zero attached hydrogens (tertiary/aromatic N) is 7. The van der Waals surface area contributed by atoms with Gasteiger partial charge in [-0.05, 0) is 246 Å². The second-order valence-electron chi connectivity index (χ2n) is 34.7. The largest absolute Gasteiger partial charge is 0.462 e. The number of nitrogens with one attached hydrogen (secondary N) is 2. The Hall–Kier alpha value is -7.59. The predicted molar refractivity (Wildman–Crippen MR) is 514 cm³/mol. The van der Waals surface area contributed by atoms with E-state index in [-0.39, 0.29) is 45.8 Å². The number of para-hydroxylation sites is 1. The molecule has 4 N–H and O–H groups in total. The van der Waals surface area contributed by atoms with Crippen molar-refractivity contribution in [2.24, 2.45) is 29.1 Å². The van der Waals surface area contributed by atoms with Gasteiger partial charge in [-0.25, -0.2) is 9.59 Å². The highest BCUT2D eigenvalue weighted by atomic mass is 127. The van der Waals surface area contributed by atoms with Gasteiger partial charge in [0, 0.05) is 111 Å². The number of aliphatic hydroxyl groups excluding tert-OH is 2. The van der Waals surface area contributed by atoms with E-state index in [1.165, 1.54) is 104 Å². The smallest absolute Gasteiger partial charge is 0.338 e. The lowest BCUT2D eigenvalue weighted by molar-refractivity contribution is -0.183. The number of carbonyl (C=O) groups is 3. The predicted octanol–water partition coefficient (Wildman–Crippen LogP) is 19.0. The van der Waals surface area contributed by atoms with E-state index in [1.807, 2.05) is 55.5 Å². The fourth-order valence-electron chi connectivity index (χ4n) is 17.8. The lowest BCUT2D eigenvalue weighted by Crippen LogP contribution is -2.62. The third kappa shape index (κ3) is 30.1. The quantitative estimate of drug-likeness (QED) is 0.0136. The number of aliphatic hydroxyl groups is 2. The van der Waals surface area contributed by atoms with E-state index in [0.717, 1.165) is 97.2 Å². The average Bonchev–Trinajstić information content (AvgIpc) is 1.05.